The summed E-state index contributed by atoms with van der Waals surface area (Å²) in [6.45, 7) is 6.73. The largest absolute Gasteiger partial charge is 0.504 e. The van der Waals surface area contributed by atoms with Gasteiger partial charge in [0.05, 0.1) is 18.9 Å². The first kappa shape index (κ1) is 22.6. The monoisotopic (exact) mass is 438 g/mol. The molecule has 1 aromatic carbocycles. The number of aromatic hydroxyl groups is 1. The molecule has 6 heteroatoms. The molecule has 1 unspecified atom stereocenters. The highest BCUT2D eigenvalue weighted by atomic mass is 16.6. The fourth-order valence-electron chi connectivity index (χ4n) is 5.98. The molecule has 0 amide bonds. The number of aliphatic hydroxyl groups excluding tert-OH is 1. The number of aliphatic hydroxyl groups is 1. The number of phenolic OH excluding ortho intramolecular Hbond substituents is 1. The molecule has 1 fully saturated rings. The fourth-order valence-corrected chi connectivity index (χ4v) is 5.98. The van der Waals surface area contributed by atoms with E-state index in [2.05, 4.69) is 24.0 Å². The SMILES string of the molecule is CC[C@H]1[C@@H]2C/C(=N\OCc3ccncc3)c3cc(O)c(OC)cc3C2CC[C@]1(C)[C@H](C)O. The average Bonchev–Trinajstić information content (AvgIpc) is 2.79. The van der Waals surface area contributed by atoms with Gasteiger partial charge in [-0.05, 0) is 84.7 Å². The minimum atomic E-state index is -0.368. The van der Waals surface area contributed by atoms with Gasteiger partial charge in [0.1, 0.15) is 6.61 Å². The first-order valence-electron chi connectivity index (χ1n) is 11.6. The Bertz CT molecular complexity index is 975. The lowest BCUT2D eigenvalue weighted by Crippen LogP contribution is -2.48. The Morgan fingerprint density at radius 2 is 2.03 bits per heavy atom. The lowest BCUT2D eigenvalue weighted by molar-refractivity contribution is -0.0570. The molecule has 0 saturated heterocycles. The van der Waals surface area contributed by atoms with E-state index in [0.29, 0.717) is 30.1 Å². The maximum Gasteiger partial charge on any atom is 0.160 e. The zero-order chi connectivity index (χ0) is 22.9. The first-order valence-corrected chi connectivity index (χ1v) is 11.6. The summed E-state index contributed by atoms with van der Waals surface area (Å²) in [5.41, 5.74) is 3.82. The van der Waals surface area contributed by atoms with Crippen LogP contribution in [0, 0.1) is 17.3 Å². The van der Waals surface area contributed by atoms with Gasteiger partial charge in [-0.2, -0.15) is 0 Å². The highest BCUT2D eigenvalue weighted by Crippen LogP contribution is 2.57. The van der Waals surface area contributed by atoms with E-state index in [1.807, 2.05) is 25.1 Å². The van der Waals surface area contributed by atoms with Crippen LogP contribution in [0.25, 0.3) is 0 Å². The van der Waals surface area contributed by atoms with Crippen molar-refractivity contribution in [3.63, 3.8) is 0 Å². The minimum Gasteiger partial charge on any atom is -0.504 e. The number of phenols is 1. The maximum atomic E-state index is 10.7. The number of rotatable bonds is 6. The van der Waals surface area contributed by atoms with Crippen LogP contribution in [0.2, 0.25) is 0 Å². The van der Waals surface area contributed by atoms with Crippen LogP contribution >= 0.6 is 0 Å². The van der Waals surface area contributed by atoms with E-state index in [-0.39, 0.29) is 17.3 Å². The van der Waals surface area contributed by atoms with E-state index < -0.39 is 0 Å². The predicted octanol–water partition coefficient (Wildman–Crippen LogP) is 5.03. The predicted molar refractivity (Wildman–Crippen MR) is 124 cm³/mol. The molecule has 4 rings (SSSR count). The molecule has 5 atom stereocenters. The summed E-state index contributed by atoms with van der Waals surface area (Å²) in [7, 11) is 1.58. The first-order chi connectivity index (χ1) is 15.4. The normalized spacial score (nSPS) is 29.2. The Hall–Kier alpha value is -2.60. The number of aromatic nitrogens is 1. The minimum absolute atomic E-state index is 0.114. The van der Waals surface area contributed by atoms with Gasteiger partial charge in [-0.15, -0.1) is 0 Å². The summed E-state index contributed by atoms with van der Waals surface area (Å²) in [4.78, 5) is 9.80. The van der Waals surface area contributed by atoms with Crippen molar-refractivity contribution in [2.24, 2.45) is 22.4 Å². The molecule has 2 aliphatic rings. The molecular weight excluding hydrogens is 404 g/mol. The van der Waals surface area contributed by atoms with Crippen LogP contribution in [-0.4, -0.2) is 34.1 Å². The van der Waals surface area contributed by atoms with Crippen molar-refractivity contribution in [3.05, 3.63) is 53.3 Å². The van der Waals surface area contributed by atoms with Crippen molar-refractivity contribution in [1.29, 1.82) is 0 Å². The Kier molecular flexibility index (Phi) is 6.42. The van der Waals surface area contributed by atoms with E-state index >= 15 is 0 Å². The van der Waals surface area contributed by atoms with Gasteiger partial charge in [0.25, 0.3) is 0 Å². The molecule has 6 nitrogen and oxygen atoms in total. The van der Waals surface area contributed by atoms with Gasteiger partial charge in [0, 0.05) is 18.0 Å². The van der Waals surface area contributed by atoms with Crippen LogP contribution < -0.4 is 4.74 Å². The Labute approximate surface area is 190 Å². The second kappa shape index (κ2) is 9.10. The summed E-state index contributed by atoms with van der Waals surface area (Å²) in [5, 5.41) is 25.7. The van der Waals surface area contributed by atoms with Crippen molar-refractivity contribution in [1.82, 2.24) is 4.98 Å². The quantitative estimate of drug-likeness (QED) is 0.618. The number of benzene rings is 1. The van der Waals surface area contributed by atoms with Crippen LogP contribution in [0.15, 0.2) is 41.8 Å². The standard InChI is InChI=1S/C26H34N2O4/c1-5-22-20-12-23(28-32-15-17-7-10-27-11-8-17)21-13-24(30)25(31-4)14-19(21)18(20)6-9-26(22,3)16(2)29/h7-8,10-11,13-14,16,18,20,22,29-30H,5-6,9,12,15H2,1-4H3/b28-23+/t16-,18?,20+,22-,26+/m0/s1. The van der Waals surface area contributed by atoms with Crippen LogP contribution in [0.3, 0.4) is 0 Å². The topological polar surface area (TPSA) is 84.2 Å². The third-order valence-electron chi connectivity index (χ3n) is 7.91. The highest BCUT2D eigenvalue weighted by Gasteiger charge is 2.50. The number of hydrogen-bond donors (Lipinski definition) is 2. The third kappa shape index (κ3) is 3.96. The number of methoxy groups -OCH3 is 1. The molecule has 0 radical (unpaired) electrons. The van der Waals surface area contributed by atoms with Gasteiger partial charge >= 0.3 is 0 Å². The second-order valence-electron chi connectivity index (χ2n) is 9.49. The number of ether oxygens (including phenoxy) is 1. The van der Waals surface area contributed by atoms with Crippen molar-refractivity contribution >= 4 is 5.71 Å². The van der Waals surface area contributed by atoms with Gasteiger partial charge in [0.2, 0.25) is 0 Å². The summed E-state index contributed by atoms with van der Waals surface area (Å²) in [6, 6.07) is 7.55. The van der Waals surface area contributed by atoms with Gasteiger partial charge in [0.15, 0.2) is 11.5 Å². The molecule has 0 spiro atoms. The van der Waals surface area contributed by atoms with E-state index in [9.17, 15) is 10.2 Å². The number of hydrogen-bond acceptors (Lipinski definition) is 6. The van der Waals surface area contributed by atoms with Crippen molar-refractivity contribution in [3.8, 4) is 11.5 Å². The van der Waals surface area contributed by atoms with Crippen LogP contribution in [0.4, 0.5) is 0 Å². The Morgan fingerprint density at radius 3 is 2.69 bits per heavy atom. The molecule has 0 aliphatic heterocycles. The van der Waals surface area contributed by atoms with Crippen molar-refractivity contribution in [2.75, 3.05) is 7.11 Å². The summed E-state index contributed by atoms with van der Waals surface area (Å²) >= 11 is 0. The molecule has 1 saturated carbocycles. The fraction of sp³-hybridized carbons (Fsp3) is 0.538. The summed E-state index contributed by atoms with van der Waals surface area (Å²) < 4.78 is 5.43. The Morgan fingerprint density at radius 1 is 1.28 bits per heavy atom. The Balaban J connectivity index is 1.72. The van der Waals surface area contributed by atoms with Crippen molar-refractivity contribution < 1.29 is 19.8 Å². The van der Waals surface area contributed by atoms with E-state index in [0.717, 1.165) is 48.1 Å². The van der Waals surface area contributed by atoms with Gasteiger partial charge in [-0.1, -0.05) is 25.4 Å². The van der Waals surface area contributed by atoms with Crippen LogP contribution in [-0.2, 0) is 11.4 Å². The highest BCUT2D eigenvalue weighted by molar-refractivity contribution is 6.03. The summed E-state index contributed by atoms with van der Waals surface area (Å²) in [5.74, 6) is 1.65. The van der Waals surface area contributed by atoms with Crippen LogP contribution in [0.1, 0.15) is 69.1 Å². The molecular formula is C26H34N2O4. The molecule has 1 aromatic heterocycles. The second-order valence-corrected chi connectivity index (χ2v) is 9.49. The van der Waals surface area contributed by atoms with Crippen LogP contribution in [0.5, 0.6) is 11.5 Å². The molecule has 32 heavy (non-hydrogen) atoms. The molecule has 0 bridgehead atoms. The molecule has 2 aliphatic carbocycles. The molecule has 2 N–H and O–H groups in total. The van der Waals surface area contributed by atoms with E-state index in [1.54, 1.807) is 25.6 Å². The number of oxime groups is 1. The van der Waals surface area contributed by atoms with E-state index in [1.165, 1.54) is 0 Å². The molecule has 2 aromatic rings. The van der Waals surface area contributed by atoms with Gasteiger partial charge in [-0.25, -0.2) is 0 Å². The number of nitrogens with zero attached hydrogens (tertiary/aromatic N) is 2. The van der Waals surface area contributed by atoms with Crippen molar-refractivity contribution in [2.45, 2.75) is 65.1 Å². The lowest BCUT2D eigenvalue weighted by Gasteiger charge is -2.53. The number of pyridine rings is 1. The maximum absolute atomic E-state index is 10.7. The molecule has 1 heterocycles. The number of fused-ring (bicyclic) bond motifs is 3. The summed E-state index contributed by atoms with van der Waals surface area (Å²) in [6.07, 6.45) is 6.83. The average molecular weight is 439 g/mol. The smallest absolute Gasteiger partial charge is 0.160 e. The van der Waals surface area contributed by atoms with E-state index in [4.69, 9.17) is 9.57 Å². The lowest BCUT2D eigenvalue weighted by atomic mass is 9.52. The van der Waals surface area contributed by atoms with Gasteiger partial charge in [-0.3, -0.25) is 4.98 Å². The molecule has 172 valence electrons. The third-order valence-corrected chi connectivity index (χ3v) is 7.91. The zero-order valence-corrected chi connectivity index (χ0v) is 19.4. The van der Waals surface area contributed by atoms with Gasteiger partial charge < -0.3 is 19.8 Å². The zero-order valence-electron chi connectivity index (χ0n) is 19.4.